The van der Waals surface area contributed by atoms with E-state index in [-0.39, 0.29) is 5.91 Å². The van der Waals surface area contributed by atoms with E-state index >= 15 is 0 Å². The monoisotopic (exact) mass is 503 g/mol. The number of benzene rings is 2. The average molecular weight is 504 g/mol. The Morgan fingerprint density at radius 1 is 0.919 bits per heavy atom. The molecule has 11 heteroatoms. The SMILES string of the molecule is COc1cc(Nc2nc(Nc3ccccc3)c3ncn(CCN4CCCC4=O)c3n2)cc(OC)c1OC. The Hall–Kier alpha value is -4.54. The number of ether oxygens (including phenoxy) is 3. The first-order valence-corrected chi connectivity index (χ1v) is 12.0. The second-order valence-electron chi connectivity index (χ2n) is 8.52. The van der Waals surface area contributed by atoms with Crippen molar-refractivity contribution >= 4 is 40.2 Å². The Balaban J connectivity index is 1.52. The maximum Gasteiger partial charge on any atom is 0.231 e. The molecule has 0 unspecified atom stereocenters. The summed E-state index contributed by atoms with van der Waals surface area (Å²) in [6.07, 6.45) is 3.25. The van der Waals surface area contributed by atoms with Crippen molar-refractivity contribution in [1.82, 2.24) is 24.4 Å². The maximum absolute atomic E-state index is 12.1. The van der Waals surface area contributed by atoms with E-state index in [0.717, 1.165) is 18.7 Å². The Morgan fingerprint density at radius 2 is 1.68 bits per heavy atom. The number of carbonyl (C=O) groups excluding carboxylic acids is 1. The topological polar surface area (TPSA) is 116 Å². The number of nitrogens with one attached hydrogen (secondary N) is 2. The number of amides is 1. The van der Waals surface area contributed by atoms with E-state index in [1.165, 1.54) is 0 Å². The van der Waals surface area contributed by atoms with Gasteiger partial charge in [-0.05, 0) is 18.6 Å². The van der Waals surface area contributed by atoms with E-state index in [1.807, 2.05) is 39.8 Å². The van der Waals surface area contributed by atoms with Crippen molar-refractivity contribution in [3.05, 3.63) is 48.8 Å². The van der Waals surface area contributed by atoms with E-state index in [4.69, 9.17) is 24.2 Å². The molecule has 0 spiro atoms. The molecule has 1 saturated heterocycles. The molecule has 2 aromatic carbocycles. The van der Waals surface area contributed by atoms with E-state index in [1.54, 1.807) is 39.8 Å². The number of rotatable bonds is 10. The van der Waals surface area contributed by atoms with Gasteiger partial charge in [-0.15, -0.1) is 0 Å². The number of nitrogens with zero attached hydrogens (tertiary/aromatic N) is 5. The number of hydrogen-bond donors (Lipinski definition) is 2. The van der Waals surface area contributed by atoms with Crippen LogP contribution in [0.15, 0.2) is 48.8 Å². The summed E-state index contributed by atoms with van der Waals surface area (Å²) in [5, 5.41) is 6.61. The second-order valence-corrected chi connectivity index (χ2v) is 8.52. The van der Waals surface area contributed by atoms with Crippen LogP contribution in [0.3, 0.4) is 0 Å². The molecule has 1 fully saturated rings. The predicted octanol–water partition coefficient (Wildman–Crippen LogP) is 3.96. The Bertz CT molecular complexity index is 1380. The van der Waals surface area contributed by atoms with Gasteiger partial charge >= 0.3 is 0 Å². The summed E-state index contributed by atoms with van der Waals surface area (Å²) >= 11 is 0. The standard InChI is InChI=1S/C26H29N7O4/c1-35-19-14-18(15-20(36-2)23(19)37-3)29-26-30-24(28-17-8-5-4-6-9-17)22-25(31-26)33(16-27-22)13-12-32-11-7-10-21(32)34/h4-6,8-9,14-16H,7,10-13H2,1-3H3,(H2,28,29,30,31). The molecule has 1 aliphatic heterocycles. The van der Waals surface area contributed by atoms with Gasteiger partial charge in [-0.3, -0.25) is 4.79 Å². The van der Waals surface area contributed by atoms with E-state index in [2.05, 4.69) is 15.6 Å². The molecule has 3 heterocycles. The smallest absolute Gasteiger partial charge is 0.231 e. The molecule has 0 bridgehead atoms. The number of anilines is 4. The maximum atomic E-state index is 12.1. The summed E-state index contributed by atoms with van der Waals surface area (Å²) in [6.45, 7) is 1.97. The zero-order valence-electron chi connectivity index (χ0n) is 21.0. The van der Waals surface area contributed by atoms with E-state index < -0.39 is 0 Å². The zero-order valence-corrected chi connectivity index (χ0v) is 21.0. The van der Waals surface area contributed by atoms with Gasteiger partial charge in [0.15, 0.2) is 28.5 Å². The lowest BCUT2D eigenvalue weighted by Crippen LogP contribution is -2.28. The van der Waals surface area contributed by atoms with Gasteiger partial charge in [0.1, 0.15) is 0 Å². The molecule has 0 atom stereocenters. The minimum absolute atomic E-state index is 0.190. The Morgan fingerprint density at radius 3 is 2.32 bits per heavy atom. The third-order valence-electron chi connectivity index (χ3n) is 6.20. The summed E-state index contributed by atoms with van der Waals surface area (Å²) in [4.78, 5) is 28.1. The minimum atomic E-state index is 0.190. The number of methoxy groups -OCH3 is 3. The second kappa shape index (κ2) is 10.6. The predicted molar refractivity (Wildman–Crippen MR) is 140 cm³/mol. The summed E-state index contributed by atoms with van der Waals surface area (Å²) in [6, 6.07) is 13.3. The van der Waals surface area contributed by atoms with Crippen molar-refractivity contribution in [3.63, 3.8) is 0 Å². The normalized spacial score (nSPS) is 13.2. The van der Waals surface area contributed by atoms with Crippen LogP contribution in [0.4, 0.5) is 23.1 Å². The van der Waals surface area contributed by atoms with Crippen LogP contribution >= 0.6 is 0 Å². The number of carbonyl (C=O) groups is 1. The third-order valence-corrected chi connectivity index (χ3v) is 6.20. The van der Waals surface area contributed by atoms with Gasteiger partial charge in [-0.1, -0.05) is 18.2 Å². The molecular formula is C26H29N7O4. The highest BCUT2D eigenvalue weighted by Crippen LogP contribution is 2.40. The van der Waals surface area contributed by atoms with Gasteiger partial charge in [0.2, 0.25) is 17.6 Å². The summed E-state index contributed by atoms with van der Waals surface area (Å²) in [5.41, 5.74) is 2.81. The van der Waals surface area contributed by atoms with Crippen molar-refractivity contribution in [1.29, 1.82) is 0 Å². The summed E-state index contributed by atoms with van der Waals surface area (Å²) < 4.78 is 18.3. The first kappa shape index (κ1) is 24.2. The van der Waals surface area contributed by atoms with Crippen molar-refractivity contribution in [3.8, 4) is 17.2 Å². The molecule has 2 aromatic heterocycles. The highest BCUT2D eigenvalue weighted by Gasteiger charge is 2.21. The van der Waals surface area contributed by atoms with Crippen LogP contribution in [0.1, 0.15) is 12.8 Å². The third kappa shape index (κ3) is 5.06. The highest BCUT2D eigenvalue weighted by molar-refractivity contribution is 5.87. The summed E-state index contributed by atoms with van der Waals surface area (Å²) in [7, 11) is 4.69. The lowest BCUT2D eigenvalue weighted by Gasteiger charge is -2.16. The van der Waals surface area contributed by atoms with Crippen molar-refractivity contribution in [2.75, 3.05) is 45.1 Å². The lowest BCUT2D eigenvalue weighted by molar-refractivity contribution is -0.127. The van der Waals surface area contributed by atoms with E-state index in [0.29, 0.717) is 65.4 Å². The molecule has 37 heavy (non-hydrogen) atoms. The number of hydrogen-bond acceptors (Lipinski definition) is 9. The fourth-order valence-corrected chi connectivity index (χ4v) is 4.36. The first-order chi connectivity index (χ1) is 18.1. The van der Waals surface area contributed by atoms with Gasteiger partial charge in [0.05, 0.1) is 27.7 Å². The molecule has 0 radical (unpaired) electrons. The number of likely N-dealkylation sites (tertiary alicyclic amines) is 1. The van der Waals surface area contributed by atoms with Crippen LogP contribution in [0.5, 0.6) is 17.2 Å². The minimum Gasteiger partial charge on any atom is -0.493 e. The zero-order chi connectivity index (χ0) is 25.8. The molecule has 0 saturated carbocycles. The molecule has 2 N–H and O–H groups in total. The van der Waals surface area contributed by atoms with Gasteiger partial charge in [0.25, 0.3) is 0 Å². The van der Waals surface area contributed by atoms with Gasteiger partial charge < -0.3 is 34.3 Å². The molecule has 192 valence electrons. The molecule has 1 amide bonds. The molecule has 0 aliphatic carbocycles. The Kier molecular flexibility index (Phi) is 6.93. The van der Waals surface area contributed by atoms with Crippen LogP contribution in [0.25, 0.3) is 11.2 Å². The molecule has 1 aliphatic rings. The van der Waals surface area contributed by atoms with E-state index in [9.17, 15) is 4.79 Å². The average Bonchev–Trinajstić information content (AvgIpc) is 3.52. The van der Waals surface area contributed by atoms with Crippen LogP contribution in [0.2, 0.25) is 0 Å². The van der Waals surface area contributed by atoms with Crippen LogP contribution in [0, 0.1) is 0 Å². The van der Waals surface area contributed by atoms with Crippen molar-refractivity contribution in [2.45, 2.75) is 19.4 Å². The largest absolute Gasteiger partial charge is 0.493 e. The van der Waals surface area contributed by atoms with Crippen molar-refractivity contribution in [2.24, 2.45) is 0 Å². The molecule has 5 rings (SSSR count). The number of para-hydroxylation sites is 1. The first-order valence-electron chi connectivity index (χ1n) is 12.0. The molecule has 4 aromatic rings. The van der Waals surface area contributed by atoms with Crippen molar-refractivity contribution < 1.29 is 19.0 Å². The fourth-order valence-electron chi connectivity index (χ4n) is 4.36. The fraction of sp³-hybridized carbons (Fsp3) is 0.308. The summed E-state index contributed by atoms with van der Waals surface area (Å²) in [5.74, 6) is 2.62. The molecular weight excluding hydrogens is 474 g/mol. The van der Waals surface area contributed by atoms with Crippen LogP contribution in [-0.4, -0.2) is 64.7 Å². The number of imidazole rings is 1. The number of aromatic nitrogens is 4. The number of fused-ring (bicyclic) bond motifs is 1. The van der Waals surface area contributed by atoms with Gasteiger partial charge in [-0.2, -0.15) is 9.97 Å². The van der Waals surface area contributed by atoms with Crippen LogP contribution < -0.4 is 24.8 Å². The highest BCUT2D eigenvalue weighted by atomic mass is 16.5. The molecule has 11 nitrogen and oxygen atoms in total. The van der Waals surface area contributed by atoms with Crippen LogP contribution in [-0.2, 0) is 11.3 Å². The van der Waals surface area contributed by atoms with Gasteiger partial charge in [-0.25, -0.2) is 4.98 Å². The Labute approximate surface area is 214 Å². The lowest BCUT2D eigenvalue weighted by atomic mass is 10.2. The van der Waals surface area contributed by atoms with Gasteiger partial charge in [0, 0.05) is 49.6 Å². The quantitative estimate of drug-likeness (QED) is 0.332.